The number of nitrogens with two attached hydrogens (primary N) is 1. The molecule has 1 atom stereocenters. The summed E-state index contributed by atoms with van der Waals surface area (Å²) in [6.07, 6.45) is 0. The molecule has 1 nitrogen and oxygen atoms in total. The van der Waals surface area contributed by atoms with Crippen molar-refractivity contribution in [1.29, 1.82) is 0 Å². The average Bonchev–Trinajstić information content (AvgIpc) is 2.73. The van der Waals surface area contributed by atoms with Crippen LogP contribution in [0, 0.1) is 6.92 Å². The molecule has 2 rings (SSSR count). The quantitative estimate of drug-likeness (QED) is 0.890. The van der Waals surface area contributed by atoms with Gasteiger partial charge in [0.2, 0.25) is 0 Å². The first kappa shape index (κ1) is 10.4. The van der Waals surface area contributed by atoms with Crippen LogP contribution in [0.5, 0.6) is 0 Å². The van der Waals surface area contributed by atoms with Crippen molar-refractivity contribution < 1.29 is 0 Å². The number of aryl methyl sites for hydroxylation is 1. The van der Waals surface area contributed by atoms with E-state index in [4.69, 9.17) is 5.73 Å². The molecule has 2 N–H and O–H groups in total. The van der Waals surface area contributed by atoms with Gasteiger partial charge in [-0.25, -0.2) is 0 Å². The van der Waals surface area contributed by atoms with E-state index in [0.717, 1.165) is 4.47 Å². The van der Waals surface area contributed by atoms with Crippen LogP contribution in [0.2, 0.25) is 0 Å². The number of hydrogen-bond donors (Lipinski definition) is 1. The Hall–Kier alpha value is -0.160. The first-order chi connectivity index (χ1) is 6.70. The largest absolute Gasteiger partial charge is 0.320 e. The van der Waals surface area contributed by atoms with Crippen LogP contribution in [0.25, 0.3) is 0 Å². The van der Waals surface area contributed by atoms with Gasteiger partial charge in [-0.15, -0.1) is 11.3 Å². The van der Waals surface area contributed by atoms with Gasteiger partial charge in [-0.3, -0.25) is 0 Å². The summed E-state index contributed by atoms with van der Waals surface area (Å²) in [6.45, 7) is 2.10. The van der Waals surface area contributed by atoms with Crippen LogP contribution in [0.1, 0.15) is 22.0 Å². The second kappa shape index (κ2) is 4.14. The van der Waals surface area contributed by atoms with E-state index in [-0.39, 0.29) is 6.04 Å². The molecule has 0 aliphatic heterocycles. The Balaban J connectivity index is 2.38. The smallest absolute Gasteiger partial charge is 0.0668 e. The van der Waals surface area contributed by atoms with E-state index < -0.39 is 0 Å². The van der Waals surface area contributed by atoms with Gasteiger partial charge in [0.05, 0.1) is 6.04 Å². The Morgan fingerprint density at radius 3 is 2.71 bits per heavy atom. The minimum Gasteiger partial charge on any atom is -0.320 e. The van der Waals surface area contributed by atoms with E-state index in [2.05, 4.69) is 45.1 Å². The van der Waals surface area contributed by atoms with E-state index in [1.807, 2.05) is 0 Å². The molecule has 0 radical (unpaired) electrons. The molecule has 2 aromatic rings. The Morgan fingerprint density at radius 2 is 2.21 bits per heavy atom. The number of halogens is 1. The minimum atomic E-state index is 0.00984. The lowest BCUT2D eigenvalue weighted by Gasteiger charge is -2.10. The van der Waals surface area contributed by atoms with Gasteiger partial charge in [-0.05, 0) is 50.8 Å². The molecule has 0 spiro atoms. The SMILES string of the molecule is Cc1ccsc1C(N)c1cscc1Br. The van der Waals surface area contributed by atoms with Gasteiger partial charge in [0.1, 0.15) is 0 Å². The predicted molar refractivity (Wildman–Crippen MR) is 67.1 cm³/mol. The standard InChI is InChI=1S/C10H10BrNS2/c1-6-2-3-14-10(6)9(12)7-4-13-5-8(7)11/h2-5,9H,12H2,1H3. The summed E-state index contributed by atoms with van der Waals surface area (Å²) >= 11 is 6.91. The third-order valence-electron chi connectivity index (χ3n) is 2.16. The van der Waals surface area contributed by atoms with Gasteiger partial charge in [0, 0.05) is 14.7 Å². The van der Waals surface area contributed by atoms with Gasteiger partial charge in [0.15, 0.2) is 0 Å². The fourth-order valence-electron chi connectivity index (χ4n) is 1.36. The highest BCUT2D eigenvalue weighted by atomic mass is 79.9. The molecule has 0 bridgehead atoms. The predicted octanol–water partition coefficient (Wildman–Crippen LogP) is 3.93. The Kier molecular flexibility index (Phi) is 3.07. The first-order valence-electron chi connectivity index (χ1n) is 4.21. The molecular weight excluding hydrogens is 278 g/mol. The van der Waals surface area contributed by atoms with E-state index in [1.54, 1.807) is 22.7 Å². The van der Waals surface area contributed by atoms with Crippen molar-refractivity contribution >= 4 is 38.6 Å². The molecule has 0 fully saturated rings. The molecule has 14 heavy (non-hydrogen) atoms. The van der Waals surface area contributed by atoms with Crippen molar-refractivity contribution in [2.75, 3.05) is 0 Å². The Bertz CT molecular complexity index is 393. The molecule has 2 aromatic heterocycles. The van der Waals surface area contributed by atoms with E-state index in [1.165, 1.54) is 16.0 Å². The van der Waals surface area contributed by atoms with Crippen molar-refractivity contribution in [2.24, 2.45) is 5.73 Å². The molecule has 2 heterocycles. The highest BCUT2D eigenvalue weighted by Crippen LogP contribution is 2.33. The first-order valence-corrected chi connectivity index (χ1v) is 6.83. The molecule has 0 saturated carbocycles. The van der Waals surface area contributed by atoms with Crippen LogP contribution in [0.4, 0.5) is 0 Å². The Labute approximate surface area is 99.7 Å². The van der Waals surface area contributed by atoms with Crippen molar-refractivity contribution in [2.45, 2.75) is 13.0 Å². The maximum Gasteiger partial charge on any atom is 0.0668 e. The second-order valence-electron chi connectivity index (χ2n) is 3.12. The fraction of sp³-hybridized carbons (Fsp3) is 0.200. The van der Waals surface area contributed by atoms with Gasteiger partial charge in [-0.2, -0.15) is 11.3 Å². The lowest BCUT2D eigenvalue weighted by atomic mass is 10.1. The van der Waals surface area contributed by atoms with Crippen LogP contribution >= 0.6 is 38.6 Å². The van der Waals surface area contributed by atoms with Gasteiger partial charge >= 0.3 is 0 Å². The second-order valence-corrected chi connectivity index (χ2v) is 5.67. The topological polar surface area (TPSA) is 26.0 Å². The zero-order valence-corrected chi connectivity index (χ0v) is 10.9. The molecule has 0 aliphatic rings. The lowest BCUT2D eigenvalue weighted by molar-refractivity contribution is 0.886. The number of rotatable bonds is 2. The minimum absolute atomic E-state index is 0.00984. The maximum atomic E-state index is 6.19. The van der Waals surface area contributed by atoms with Gasteiger partial charge < -0.3 is 5.73 Å². The molecule has 0 aliphatic carbocycles. The summed E-state index contributed by atoms with van der Waals surface area (Å²) in [6, 6.07) is 2.12. The normalized spacial score (nSPS) is 13.1. The number of thiophene rings is 2. The zero-order valence-electron chi connectivity index (χ0n) is 7.66. The summed E-state index contributed by atoms with van der Waals surface area (Å²) in [7, 11) is 0. The van der Waals surface area contributed by atoms with E-state index >= 15 is 0 Å². The van der Waals surface area contributed by atoms with Crippen molar-refractivity contribution in [3.05, 3.63) is 42.7 Å². The monoisotopic (exact) mass is 287 g/mol. The fourth-order valence-corrected chi connectivity index (χ4v) is 3.88. The summed E-state index contributed by atoms with van der Waals surface area (Å²) in [5, 5.41) is 6.26. The Morgan fingerprint density at radius 1 is 1.43 bits per heavy atom. The van der Waals surface area contributed by atoms with Crippen molar-refractivity contribution in [1.82, 2.24) is 0 Å². The van der Waals surface area contributed by atoms with Gasteiger partial charge in [-0.1, -0.05) is 0 Å². The highest BCUT2D eigenvalue weighted by Gasteiger charge is 2.15. The third kappa shape index (κ3) is 1.80. The van der Waals surface area contributed by atoms with Crippen LogP contribution in [-0.2, 0) is 0 Å². The molecule has 74 valence electrons. The molecule has 0 amide bonds. The van der Waals surface area contributed by atoms with Crippen molar-refractivity contribution in [3.63, 3.8) is 0 Å². The lowest BCUT2D eigenvalue weighted by Crippen LogP contribution is -2.10. The summed E-state index contributed by atoms with van der Waals surface area (Å²) in [5.74, 6) is 0. The summed E-state index contributed by atoms with van der Waals surface area (Å²) in [4.78, 5) is 1.25. The summed E-state index contributed by atoms with van der Waals surface area (Å²) in [5.41, 5.74) is 8.65. The highest BCUT2D eigenvalue weighted by molar-refractivity contribution is 9.10. The van der Waals surface area contributed by atoms with Crippen LogP contribution in [0.15, 0.2) is 26.7 Å². The van der Waals surface area contributed by atoms with Crippen LogP contribution in [0.3, 0.4) is 0 Å². The zero-order chi connectivity index (χ0) is 10.1. The van der Waals surface area contributed by atoms with Crippen molar-refractivity contribution in [3.8, 4) is 0 Å². The average molecular weight is 288 g/mol. The third-order valence-corrected chi connectivity index (χ3v) is 5.02. The molecule has 0 saturated heterocycles. The van der Waals surface area contributed by atoms with E-state index in [9.17, 15) is 0 Å². The van der Waals surface area contributed by atoms with Crippen LogP contribution < -0.4 is 5.73 Å². The van der Waals surface area contributed by atoms with E-state index in [0.29, 0.717) is 0 Å². The molecular formula is C10H10BrNS2. The van der Waals surface area contributed by atoms with Crippen LogP contribution in [-0.4, -0.2) is 0 Å². The molecule has 1 unspecified atom stereocenters. The molecule has 0 aromatic carbocycles. The maximum absolute atomic E-state index is 6.19. The molecule has 4 heteroatoms. The number of hydrogen-bond acceptors (Lipinski definition) is 3. The summed E-state index contributed by atoms with van der Waals surface area (Å²) < 4.78 is 1.11. The van der Waals surface area contributed by atoms with Gasteiger partial charge in [0.25, 0.3) is 0 Å².